The molecule has 0 aromatic heterocycles. The van der Waals surface area contributed by atoms with Crippen LogP contribution in [0, 0.1) is 5.82 Å². The van der Waals surface area contributed by atoms with Gasteiger partial charge in [0.05, 0.1) is 4.47 Å². The third-order valence-corrected chi connectivity index (χ3v) is 2.29. The quantitative estimate of drug-likeness (QED) is 0.804. The van der Waals surface area contributed by atoms with E-state index in [0.29, 0.717) is 4.47 Å². The van der Waals surface area contributed by atoms with Crippen LogP contribution in [0.2, 0.25) is 0 Å². The van der Waals surface area contributed by atoms with Gasteiger partial charge in [-0.3, -0.25) is 0 Å². The summed E-state index contributed by atoms with van der Waals surface area (Å²) >= 11 is 3.03. The van der Waals surface area contributed by atoms with Crippen LogP contribution in [0.15, 0.2) is 22.7 Å². The lowest BCUT2D eigenvalue weighted by Crippen LogP contribution is -2.27. The monoisotopic (exact) mass is 304 g/mol. The van der Waals surface area contributed by atoms with E-state index in [1.807, 2.05) is 0 Å². The first-order valence-corrected chi connectivity index (χ1v) is 5.87. The van der Waals surface area contributed by atoms with Crippen molar-refractivity contribution in [3.8, 4) is 5.75 Å². The second-order valence-electron chi connectivity index (χ2n) is 4.43. The predicted molar refractivity (Wildman–Crippen MR) is 65.4 cm³/mol. The Balaban J connectivity index is 2.56. The second-order valence-corrected chi connectivity index (χ2v) is 5.28. The van der Waals surface area contributed by atoms with E-state index in [-0.39, 0.29) is 12.4 Å². The molecule has 0 unspecified atom stereocenters. The molecule has 0 aliphatic heterocycles. The molecule has 5 heteroatoms. The number of ether oxygens (including phenoxy) is 2. The lowest BCUT2D eigenvalue weighted by atomic mass is 10.2. The summed E-state index contributed by atoms with van der Waals surface area (Å²) in [7, 11) is 0. The molecule has 3 nitrogen and oxygen atoms in total. The third kappa shape index (κ3) is 4.73. The fraction of sp³-hybridized carbons (Fsp3) is 0.417. The van der Waals surface area contributed by atoms with Crippen molar-refractivity contribution in [1.82, 2.24) is 0 Å². The Hall–Kier alpha value is -1.10. The summed E-state index contributed by atoms with van der Waals surface area (Å²) in [5, 5.41) is 0. The highest BCUT2D eigenvalue weighted by molar-refractivity contribution is 9.10. The number of hydrogen-bond donors (Lipinski definition) is 0. The summed E-state index contributed by atoms with van der Waals surface area (Å²) < 4.78 is 23.8. The molecule has 0 atom stereocenters. The van der Waals surface area contributed by atoms with Crippen molar-refractivity contribution < 1.29 is 18.7 Å². The first kappa shape index (κ1) is 14.0. The van der Waals surface area contributed by atoms with Crippen LogP contribution in [0.25, 0.3) is 0 Å². The van der Waals surface area contributed by atoms with Crippen LogP contribution < -0.4 is 4.74 Å². The molecule has 0 radical (unpaired) electrons. The van der Waals surface area contributed by atoms with Crippen LogP contribution in [0.1, 0.15) is 20.8 Å². The fourth-order valence-electron chi connectivity index (χ4n) is 1.10. The zero-order valence-electron chi connectivity index (χ0n) is 9.92. The Kier molecular flexibility index (Phi) is 4.51. The van der Waals surface area contributed by atoms with Crippen LogP contribution in [0.3, 0.4) is 0 Å². The molecule has 1 rings (SSSR count). The van der Waals surface area contributed by atoms with Gasteiger partial charge in [-0.25, -0.2) is 9.18 Å². The van der Waals surface area contributed by atoms with Gasteiger partial charge in [0.2, 0.25) is 0 Å². The highest BCUT2D eigenvalue weighted by Gasteiger charge is 2.17. The van der Waals surface area contributed by atoms with Crippen molar-refractivity contribution in [2.75, 3.05) is 6.61 Å². The average Bonchev–Trinajstić information content (AvgIpc) is 2.18. The number of carbonyl (C=O) groups excluding carboxylic acids is 1. The van der Waals surface area contributed by atoms with E-state index in [4.69, 9.17) is 9.47 Å². The topological polar surface area (TPSA) is 35.5 Å². The standard InChI is InChI=1S/C12H14BrFO3/c1-12(2,3)17-10(15)7-16-9-6-4-5-8(13)11(9)14/h4-6H,7H2,1-3H3. The van der Waals surface area contributed by atoms with Gasteiger partial charge in [-0.05, 0) is 48.8 Å². The van der Waals surface area contributed by atoms with Gasteiger partial charge in [-0.15, -0.1) is 0 Å². The first-order valence-electron chi connectivity index (χ1n) is 5.08. The van der Waals surface area contributed by atoms with Crippen molar-refractivity contribution >= 4 is 21.9 Å². The van der Waals surface area contributed by atoms with Gasteiger partial charge in [0.25, 0.3) is 0 Å². The zero-order valence-corrected chi connectivity index (χ0v) is 11.5. The average molecular weight is 305 g/mol. The van der Waals surface area contributed by atoms with E-state index >= 15 is 0 Å². The van der Waals surface area contributed by atoms with E-state index in [2.05, 4.69) is 15.9 Å². The highest BCUT2D eigenvalue weighted by atomic mass is 79.9. The molecule has 0 bridgehead atoms. The lowest BCUT2D eigenvalue weighted by Gasteiger charge is -2.19. The minimum atomic E-state index is -0.573. The van der Waals surface area contributed by atoms with E-state index < -0.39 is 17.4 Å². The maximum absolute atomic E-state index is 13.5. The Bertz CT molecular complexity index is 413. The number of halogens is 2. The Morgan fingerprint density at radius 1 is 1.41 bits per heavy atom. The van der Waals surface area contributed by atoms with Gasteiger partial charge < -0.3 is 9.47 Å². The summed E-state index contributed by atoms with van der Waals surface area (Å²) in [5.74, 6) is -1.04. The van der Waals surface area contributed by atoms with Crippen LogP contribution >= 0.6 is 15.9 Å². The molecule has 0 amide bonds. The lowest BCUT2D eigenvalue weighted by molar-refractivity contribution is -0.157. The molecule has 0 saturated heterocycles. The number of hydrogen-bond acceptors (Lipinski definition) is 3. The highest BCUT2D eigenvalue weighted by Crippen LogP contribution is 2.24. The minimum Gasteiger partial charge on any atom is -0.479 e. The van der Waals surface area contributed by atoms with Crippen molar-refractivity contribution in [3.63, 3.8) is 0 Å². The van der Waals surface area contributed by atoms with Crippen molar-refractivity contribution in [1.29, 1.82) is 0 Å². The molecule has 0 fully saturated rings. The second kappa shape index (κ2) is 5.49. The Morgan fingerprint density at radius 2 is 2.06 bits per heavy atom. The molecule has 0 aliphatic carbocycles. The summed E-state index contributed by atoms with van der Waals surface area (Å²) in [6, 6.07) is 4.62. The van der Waals surface area contributed by atoms with Gasteiger partial charge in [0.1, 0.15) is 5.60 Å². The molecular weight excluding hydrogens is 291 g/mol. The van der Waals surface area contributed by atoms with Gasteiger partial charge in [-0.2, -0.15) is 0 Å². The summed E-state index contributed by atoms with van der Waals surface area (Å²) in [6.07, 6.45) is 0. The third-order valence-electron chi connectivity index (χ3n) is 1.68. The number of esters is 1. The summed E-state index contributed by atoms with van der Waals surface area (Å²) in [6.45, 7) is 4.95. The van der Waals surface area contributed by atoms with Crippen LogP contribution in [0.5, 0.6) is 5.75 Å². The van der Waals surface area contributed by atoms with Crippen LogP contribution in [-0.2, 0) is 9.53 Å². The number of benzene rings is 1. The molecule has 1 aromatic rings. The maximum atomic E-state index is 13.5. The molecule has 0 aliphatic rings. The van der Waals surface area contributed by atoms with E-state index in [1.165, 1.54) is 6.07 Å². The molecular formula is C12H14BrFO3. The molecule has 1 aromatic carbocycles. The molecule has 0 heterocycles. The fourth-order valence-corrected chi connectivity index (χ4v) is 1.45. The molecule has 0 N–H and O–H groups in total. The Labute approximate surface area is 108 Å². The zero-order chi connectivity index (χ0) is 13.1. The molecule has 0 saturated carbocycles. The van der Waals surface area contributed by atoms with Gasteiger partial charge in [-0.1, -0.05) is 6.07 Å². The van der Waals surface area contributed by atoms with Gasteiger partial charge >= 0.3 is 5.97 Å². The predicted octanol–water partition coefficient (Wildman–Crippen LogP) is 3.31. The summed E-state index contributed by atoms with van der Waals surface area (Å²) in [5.41, 5.74) is -0.573. The van der Waals surface area contributed by atoms with Crippen molar-refractivity contribution in [3.05, 3.63) is 28.5 Å². The molecule has 17 heavy (non-hydrogen) atoms. The normalized spacial score (nSPS) is 11.1. The Morgan fingerprint density at radius 3 is 2.65 bits per heavy atom. The van der Waals surface area contributed by atoms with Gasteiger partial charge in [0.15, 0.2) is 18.2 Å². The largest absolute Gasteiger partial charge is 0.479 e. The molecule has 94 valence electrons. The van der Waals surface area contributed by atoms with Gasteiger partial charge in [0, 0.05) is 0 Å². The molecule has 0 spiro atoms. The van der Waals surface area contributed by atoms with Crippen LogP contribution in [0.4, 0.5) is 4.39 Å². The number of rotatable bonds is 3. The number of carbonyl (C=O) groups is 1. The van der Waals surface area contributed by atoms with E-state index in [9.17, 15) is 9.18 Å². The van der Waals surface area contributed by atoms with Crippen LogP contribution in [-0.4, -0.2) is 18.2 Å². The van der Waals surface area contributed by atoms with E-state index in [0.717, 1.165) is 0 Å². The maximum Gasteiger partial charge on any atom is 0.344 e. The smallest absolute Gasteiger partial charge is 0.344 e. The van der Waals surface area contributed by atoms with Crippen molar-refractivity contribution in [2.24, 2.45) is 0 Å². The SMILES string of the molecule is CC(C)(C)OC(=O)COc1cccc(Br)c1F. The van der Waals surface area contributed by atoms with Crippen molar-refractivity contribution in [2.45, 2.75) is 26.4 Å². The van der Waals surface area contributed by atoms with E-state index in [1.54, 1.807) is 32.9 Å². The summed E-state index contributed by atoms with van der Waals surface area (Å²) in [4.78, 5) is 11.3. The first-order chi connectivity index (χ1) is 7.79. The minimum absolute atomic E-state index is 0.0187.